The lowest BCUT2D eigenvalue weighted by Crippen LogP contribution is -2.15. The smallest absolute Gasteiger partial charge is 0.101 e. The van der Waals surface area contributed by atoms with Gasteiger partial charge in [-0.15, -0.1) is 0 Å². The van der Waals surface area contributed by atoms with Crippen LogP contribution in [0, 0.1) is 17.2 Å². The Morgan fingerprint density at radius 3 is 2.94 bits per heavy atom. The van der Waals surface area contributed by atoms with Crippen molar-refractivity contribution < 1.29 is 0 Å². The molecule has 1 N–H and O–H groups in total. The monoisotopic (exact) mass is 246 g/mol. The molecule has 0 saturated heterocycles. The molecule has 17 heavy (non-hydrogen) atoms. The van der Waals surface area contributed by atoms with Crippen molar-refractivity contribution in [3.63, 3.8) is 0 Å². The van der Waals surface area contributed by atoms with Gasteiger partial charge in [0.1, 0.15) is 6.07 Å². The van der Waals surface area contributed by atoms with Gasteiger partial charge in [-0.25, -0.2) is 0 Å². The van der Waals surface area contributed by atoms with Gasteiger partial charge >= 0.3 is 0 Å². The van der Waals surface area contributed by atoms with Gasteiger partial charge in [0.2, 0.25) is 0 Å². The van der Waals surface area contributed by atoms with E-state index in [-0.39, 0.29) is 0 Å². The number of allylic oxidation sites excluding steroid dienone is 2. The molecule has 1 atom stereocenters. The summed E-state index contributed by atoms with van der Waals surface area (Å²) in [6.07, 6.45) is 8.07. The van der Waals surface area contributed by atoms with Gasteiger partial charge in [0.05, 0.1) is 10.6 Å². The molecular formula is C14H15ClN2. The maximum absolute atomic E-state index is 8.78. The van der Waals surface area contributed by atoms with Crippen LogP contribution in [-0.2, 0) is 0 Å². The SMILES string of the molecule is N#Cc1ccc(NCC2CC=CCC2)cc1Cl. The minimum atomic E-state index is 0.515. The Labute approximate surface area is 107 Å². The van der Waals surface area contributed by atoms with Crippen LogP contribution in [0.3, 0.4) is 0 Å². The van der Waals surface area contributed by atoms with E-state index >= 15 is 0 Å². The molecule has 0 radical (unpaired) electrons. The summed E-state index contributed by atoms with van der Waals surface area (Å²) in [6, 6.07) is 7.54. The normalized spacial score (nSPS) is 18.7. The summed E-state index contributed by atoms with van der Waals surface area (Å²) in [5, 5.41) is 12.7. The molecule has 1 aliphatic rings. The molecule has 0 bridgehead atoms. The number of hydrogen-bond donors (Lipinski definition) is 1. The lowest BCUT2D eigenvalue weighted by Gasteiger charge is -2.18. The molecule has 1 aromatic carbocycles. The van der Waals surface area contributed by atoms with Crippen LogP contribution in [-0.4, -0.2) is 6.54 Å². The highest BCUT2D eigenvalue weighted by Crippen LogP contribution is 2.22. The van der Waals surface area contributed by atoms with E-state index in [2.05, 4.69) is 23.5 Å². The summed E-state index contributed by atoms with van der Waals surface area (Å²) >= 11 is 5.98. The second kappa shape index (κ2) is 5.75. The molecule has 88 valence electrons. The van der Waals surface area contributed by atoms with E-state index in [9.17, 15) is 0 Å². The lowest BCUT2D eigenvalue weighted by molar-refractivity contribution is 0.504. The van der Waals surface area contributed by atoms with Crippen molar-refractivity contribution in [1.82, 2.24) is 0 Å². The highest BCUT2D eigenvalue weighted by Gasteiger charge is 2.09. The van der Waals surface area contributed by atoms with Crippen LogP contribution in [0.15, 0.2) is 30.4 Å². The van der Waals surface area contributed by atoms with Crippen molar-refractivity contribution in [2.45, 2.75) is 19.3 Å². The highest BCUT2D eigenvalue weighted by molar-refractivity contribution is 6.32. The van der Waals surface area contributed by atoms with Gasteiger partial charge in [0.25, 0.3) is 0 Å². The van der Waals surface area contributed by atoms with Crippen LogP contribution >= 0.6 is 11.6 Å². The van der Waals surface area contributed by atoms with Crippen LogP contribution in [0.1, 0.15) is 24.8 Å². The fourth-order valence-electron chi connectivity index (χ4n) is 2.02. The van der Waals surface area contributed by atoms with Crippen LogP contribution in [0.2, 0.25) is 5.02 Å². The molecule has 0 fully saturated rings. The molecule has 2 rings (SSSR count). The van der Waals surface area contributed by atoms with Crippen molar-refractivity contribution >= 4 is 17.3 Å². The van der Waals surface area contributed by atoms with Gasteiger partial charge in [-0.1, -0.05) is 23.8 Å². The first-order valence-electron chi connectivity index (χ1n) is 5.88. The number of nitrogens with one attached hydrogen (secondary N) is 1. The van der Waals surface area contributed by atoms with Crippen LogP contribution in [0.4, 0.5) is 5.69 Å². The van der Waals surface area contributed by atoms with E-state index in [1.807, 2.05) is 12.1 Å². The first kappa shape index (κ1) is 12.0. The maximum atomic E-state index is 8.78. The van der Waals surface area contributed by atoms with Gasteiger partial charge in [0, 0.05) is 12.2 Å². The Morgan fingerprint density at radius 2 is 2.29 bits per heavy atom. The van der Waals surface area contributed by atoms with E-state index in [4.69, 9.17) is 16.9 Å². The molecule has 1 aliphatic carbocycles. The van der Waals surface area contributed by atoms with Crippen molar-refractivity contribution in [3.8, 4) is 6.07 Å². The zero-order chi connectivity index (χ0) is 12.1. The molecule has 0 aliphatic heterocycles. The molecule has 0 aromatic heterocycles. The number of rotatable bonds is 3. The predicted molar refractivity (Wildman–Crippen MR) is 71.1 cm³/mol. The standard InChI is InChI=1S/C14H15ClN2/c15-14-8-13(7-6-12(14)9-16)17-10-11-4-2-1-3-5-11/h1-2,6-8,11,17H,3-5,10H2. The van der Waals surface area contributed by atoms with Crippen LogP contribution in [0.25, 0.3) is 0 Å². The first-order valence-corrected chi connectivity index (χ1v) is 6.26. The van der Waals surface area contributed by atoms with E-state index in [0.717, 1.165) is 18.7 Å². The minimum Gasteiger partial charge on any atom is -0.385 e. The van der Waals surface area contributed by atoms with E-state index in [0.29, 0.717) is 16.5 Å². The van der Waals surface area contributed by atoms with Crippen molar-refractivity contribution in [3.05, 3.63) is 40.9 Å². The molecule has 3 heteroatoms. The van der Waals surface area contributed by atoms with Gasteiger partial charge < -0.3 is 5.32 Å². The highest BCUT2D eigenvalue weighted by atomic mass is 35.5. The average molecular weight is 247 g/mol. The Balaban J connectivity index is 1.93. The molecule has 0 amide bonds. The van der Waals surface area contributed by atoms with Crippen LogP contribution in [0.5, 0.6) is 0 Å². The van der Waals surface area contributed by atoms with Crippen molar-refractivity contribution in [1.29, 1.82) is 5.26 Å². The summed E-state index contributed by atoms with van der Waals surface area (Å²) in [5.74, 6) is 0.703. The zero-order valence-electron chi connectivity index (χ0n) is 9.62. The molecule has 0 heterocycles. The molecule has 2 nitrogen and oxygen atoms in total. The Kier molecular flexibility index (Phi) is 4.06. The van der Waals surface area contributed by atoms with Crippen molar-refractivity contribution in [2.75, 3.05) is 11.9 Å². The summed E-state index contributed by atoms with van der Waals surface area (Å²) < 4.78 is 0. The topological polar surface area (TPSA) is 35.8 Å². The number of hydrogen-bond acceptors (Lipinski definition) is 2. The van der Waals surface area contributed by atoms with Gasteiger partial charge in [-0.2, -0.15) is 5.26 Å². The van der Waals surface area contributed by atoms with E-state index in [1.165, 1.54) is 12.8 Å². The Hall–Kier alpha value is -1.46. The average Bonchev–Trinajstić information content (AvgIpc) is 2.38. The summed E-state index contributed by atoms with van der Waals surface area (Å²) in [5.41, 5.74) is 1.52. The molecule has 1 unspecified atom stereocenters. The summed E-state index contributed by atoms with van der Waals surface area (Å²) in [4.78, 5) is 0. The minimum absolute atomic E-state index is 0.515. The first-order chi connectivity index (χ1) is 8.29. The number of nitriles is 1. The van der Waals surface area contributed by atoms with E-state index < -0.39 is 0 Å². The fraction of sp³-hybridized carbons (Fsp3) is 0.357. The summed E-state index contributed by atoms with van der Waals surface area (Å²) in [7, 11) is 0. The number of benzene rings is 1. The van der Waals surface area contributed by atoms with Crippen LogP contribution < -0.4 is 5.32 Å². The number of nitrogens with zero attached hydrogens (tertiary/aromatic N) is 1. The third-order valence-corrected chi connectivity index (χ3v) is 3.37. The van der Waals surface area contributed by atoms with E-state index in [1.54, 1.807) is 6.07 Å². The maximum Gasteiger partial charge on any atom is 0.101 e. The molecule has 1 aromatic rings. The Bertz CT molecular complexity index is 460. The van der Waals surface area contributed by atoms with Gasteiger partial charge in [-0.05, 0) is 43.4 Å². The third-order valence-electron chi connectivity index (χ3n) is 3.06. The number of halogens is 1. The largest absolute Gasteiger partial charge is 0.385 e. The quantitative estimate of drug-likeness (QED) is 0.819. The fourth-order valence-corrected chi connectivity index (χ4v) is 2.24. The van der Waals surface area contributed by atoms with Gasteiger partial charge in [0.15, 0.2) is 0 Å². The molecule has 0 spiro atoms. The molecule has 0 saturated carbocycles. The Morgan fingerprint density at radius 1 is 1.41 bits per heavy atom. The number of anilines is 1. The van der Waals surface area contributed by atoms with Crippen molar-refractivity contribution in [2.24, 2.45) is 5.92 Å². The molecular weight excluding hydrogens is 232 g/mol. The predicted octanol–water partition coefficient (Wildman–Crippen LogP) is 3.98. The zero-order valence-corrected chi connectivity index (χ0v) is 10.4. The lowest BCUT2D eigenvalue weighted by atomic mass is 9.94. The second-order valence-corrected chi connectivity index (χ2v) is 4.75. The third kappa shape index (κ3) is 3.25. The summed E-state index contributed by atoms with van der Waals surface area (Å²) in [6.45, 7) is 0.965. The van der Waals surface area contributed by atoms with Gasteiger partial charge in [-0.3, -0.25) is 0 Å². The second-order valence-electron chi connectivity index (χ2n) is 4.34.